The largest absolute Gasteiger partial charge is 0.487 e. The van der Waals surface area contributed by atoms with E-state index >= 15 is 0 Å². The summed E-state index contributed by atoms with van der Waals surface area (Å²) in [6.45, 7) is 4.03. The van der Waals surface area contributed by atoms with Gasteiger partial charge < -0.3 is 25.9 Å². The third kappa shape index (κ3) is 4.18. The normalized spacial score (nSPS) is 14.9. The van der Waals surface area contributed by atoms with Gasteiger partial charge in [-0.05, 0) is 38.1 Å². The molecule has 1 amide bonds. The van der Waals surface area contributed by atoms with Crippen molar-refractivity contribution in [2.24, 2.45) is 10.7 Å². The van der Waals surface area contributed by atoms with E-state index < -0.39 is 5.91 Å². The van der Waals surface area contributed by atoms with Gasteiger partial charge in [0.05, 0.1) is 0 Å². The standard InChI is InChI=1S/C23H24N6O3/c1-23(2)9-14-6-17(16(8-19(14)32-23)15(10-24)11-26-3)28-21(30)18-12-31-22(29-18)13-4-5-27-20(25)7-13/h4-8,10-12H,9,24H2,1-3H3,(H2,25,27)(H,28,30). The topological polar surface area (TPSA) is 142 Å². The van der Waals surface area contributed by atoms with Crippen molar-refractivity contribution in [3.8, 4) is 17.2 Å². The smallest absolute Gasteiger partial charge is 0.277 e. The lowest BCUT2D eigenvalue weighted by Crippen LogP contribution is -2.24. The number of hydrogen-bond donors (Lipinski definition) is 3. The van der Waals surface area contributed by atoms with E-state index in [1.54, 1.807) is 31.6 Å². The summed E-state index contributed by atoms with van der Waals surface area (Å²) in [6, 6.07) is 7.09. The summed E-state index contributed by atoms with van der Waals surface area (Å²) in [7, 11) is 1.65. The predicted molar refractivity (Wildman–Crippen MR) is 124 cm³/mol. The van der Waals surface area contributed by atoms with Crippen LogP contribution >= 0.6 is 0 Å². The van der Waals surface area contributed by atoms with Crippen molar-refractivity contribution in [3.05, 3.63) is 59.7 Å². The Kier molecular flexibility index (Phi) is 5.40. The highest BCUT2D eigenvalue weighted by Crippen LogP contribution is 2.40. The number of nitrogens with two attached hydrogens (primary N) is 2. The molecule has 0 radical (unpaired) electrons. The molecule has 9 nitrogen and oxygen atoms in total. The maximum atomic E-state index is 13.0. The van der Waals surface area contributed by atoms with Crippen LogP contribution in [-0.4, -0.2) is 34.7 Å². The van der Waals surface area contributed by atoms with Crippen LogP contribution in [0.1, 0.15) is 35.5 Å². The molecule has 1 aliphatic heterocycles. The number of benzene rings is 1. The number of anilines is 2. The van der Waals surface area contributed by atoms with Crippen molar-refractivity contribution in [1.82, 2.24) is 9.97 Å². The number of aromatic nitrogens is 2. The Bertz CT molecular complexity index is 1240. The zero-order valence-corrected chi connectivity index (χ0v) is 18.0. The van der Waals surface area contributed by atoms with Crippen LogP contribution in [0.3, 0.4) is 0 Å². The second-order valence-electron chi connectivity index (χ2n) is 8.01. The zero-order valence-electron chi connectivity index (χ0n) is 18.0. The number of carbonyl (C=O) groups is 1. The van der Waals surface area contributed by atoms with E-state index in [0.717, 1.165) is 11.3 Å². The molecule has 4 rings (SSSR count). The maximum Gasteiger partial charge on any atom is 0.277 e. The molecule has 2 aromatic heterocycles. The van der Waals surface area contributed by atoms with E-state index in [0.29, 0.717) is 34.6 Å². The number of rotatable bonds is 5. The molecule has 5 N–H and O–H groups in total. The van der Waals surface area contributed by atoms with Crippen LogP contribution in [0.25, 0.3) is 17.0 Å². The molecule has 1 aliphatic rings. The van der Waals surface area contributed by atoms with Crippen LogP contribution in [0.2, 0.25) is 0 Å². The molecule has 0 saturated carbocycles. The molecule has 3 heterocycles. The number of amides is 1. The molecule has 32 heavy (non-hydrogen) atoms. The van der Waals surface area contributed by atoms with Crippen molar-refractivity contribution in [2.45, 2.75) is 25.9 Å². The number of fused-ring (bicyclic) bond motifs is 1. The van der Waals surface area contributed by atoms with Crippen LogP contribution in [0.15, 0.2) is 52.3 Å². The van der Waals surface area contributed by atoms with Gasteiger partial charge in [0.15, 0.2) is 5.69 Å². The Morgan fingerprint density at radius 3 is 2.84 bits per heavy atom. The minimum absolute atomic E-state index is 0.126. The van der Waals surface area contributed by atoms with Crippen LogP contribution in [-0.2, 0) is 6.42 Å². The summed E-state index contributed by atoms with van der Waals surface area (Å²) in [6.07, 6.45) is 6.62. The van der Waals surface area contributed by atoms with Gasteiger partial charge in [-0.25, -0.2) is 9.97 Å². The van der Waals surface area contributed by atoms with Crippen molar-refractivity contribution >= 4 is 29.2 Å². The van der Waals surface area contributed by atoms with E-state index in [-0.39, 0.29) is 17.2 Å². The van der Waals surface area contributed by atoms with Gasteiger partial charge in [-0.15, -0.1) is 0 Å². The second kappa shape index (κ2) is 8.18. The van der Waals surface area contributed by atoms with Crippen LogP contribution < -0.4 is 21.5 Å². The highest BCUT2D eigenvalue weighted by atomic mass is 16.5. The summed E-state index contributed by atoms with van der Waals surface area (Å²) < 4.78 is 11.5. The van der Waals surface area contributed by atoms with E-state index in [1.807, 2.05) is 26.0 Å². The first-order chi connectivity index (χ1) is 15.3. The molecule has 164 valence electrons. The fourth-order valence-corrected chi connectivity index (χ4v) is 3.61. The highest BCUT2D eigenvalue weighted by Gasteiger charge is 2.31. The van der Waals surface area contributed by atoms with Gasteiger partial charge in [-0.2, -0.15) is 0 Å². The third-order valence-corrected chi connectivity index (χ3v) is 4.97. The monoisotopic (exact) mass is 432 g/mol. The third-order valence-electron chi connectivity index (χ3n) is 4.97. The Morgan fingerprint density at radius 1 is 1.31 bits per heavy atom. The number of nitrogens with one attached hydrogen (secondary N) is 1. The number of nitrogens with zero attached hydrogens (tertiary/aromatic N) is 3. The molecule has 0 fully saturated rings. The fourth-order valence-electron chi connectivity index (χ4n) is 3.61. The Labute approximate surface area is 185 Å². The summed E-state index contributed by atoms with van der Waals surface area (Å²) in [5, 5.41) is 2.92. The lowest BCUT2D eigenvalue weighted by Gasteiger charge is -2.17. The highest BCUT2D eigenvalue weighted by molar-refractivity contribution is 6.14. The SMILES string of the molecule is CN=CC(=CN)c1cc2c(cc1NC(=O)c1coc(-c3ccnc(N)c3)n1)CC(C)(C)O2. The Balaban J connectivity index is 1.67. The minimum Gasteiger partial charge on any atom is -0.487 e. The fraction of sp³-hybridized carbons (Fsp3) is 0.217. The van der Waals surface area contributed by atoms with Crippen molar-refractivity contribution < 1.29 is 13.9 Å². The first kappa shape index (κ1) is 21.1. The van der Waals surface area contributed by atoms with Crippen molar-refractivity contribution in [2.75, 3.05) is 18.1 Å². The molecule has 1 aromatic carbocycles. The number of ether oxygens (including phenoxy) is 1. The van der Waals surface area contributed by atoms with Gasteiger partial charge in [0.2, 0.25) is 5.89 Å². The van der Waals surface area contributed by atoms with Gasteiger partial charge in [-0.1, -0.05) is 0 Å². The Morgan fingerprint density at radius 2 is 2.12 bits per heavy atom. The van der Waals surface area contributed by atoms with Gasteiger partial charge >= 0.3 is 0 Å². The number of oxazole rings is 1. The summed E-state index contributed by atoms with van der Waals surface area (Å²) in [4.78, 5) is 25.3. The van der Waals surface area contributed by atoms with Gasteiger partial charge in [-0.3, -0.25) is 9.79 Å². The first-order valence-corrected chi connectivity index (χ1v) is 9.99. The van der Waals surface area contributed by atoms with Gasteiger partial charge in [0, 0.05) is 60.0 Å². The molecular formula is C23H24N6O3. The Hall–Kier alpha value is -4.14. The molecule has 3 aromatic rings. The lowest BCUT2D eigenvalue weighted by atomic mass is 9.97. The number of aliphatic imine (C=N–C) groups is 1. The summed E-state index contributed by atoms with van der Waals surface area (Å²) in [5.74, 6) is 0.935. The van der Waals surface area contributed by atoms with Crippen LogP contribution in [0, 0.1) is 0 Å². The molecule has 0 bridgehead atoms. The van der Waals surface area contributed by atoms with Crippen LogP contribution in [0.4, 0.5) is 11.5 Å². The molecule has 0 unspecified atom stereocenters. The van der Waals surface area contributed by atoms with E-state index in [1.165, 1.54) is 12.5 Å². The van der Waals surface area contributed by atoms with E-state index in [9.17, 15) is 4.79 Å². The lowest BCUT2D eigenvalue weighted by molar-refractivity contribution is 0.102. The molecule has 0 spiro atoms. The maximum absolute atomic E-state index is 13.0. The average molecular weight is 432 g/mol. The van der Waals surface area contributed by atoms with E-state index in [4.69, 9.17) is 20.6 Å². The molecule has 0 saturated heterocycles. The van der Waals surface area contributed by atoms with Crippen molar-refractivity contribution in [1.29, 1.82) is 0 Å². The molecule has 9 heteroatoms. The molecule has 0 aliphatic carbocycles. The molecule has 0 atom stereocenters. The number of carbonyl (C=O) groups excluding carboxylic acids is 1. The minimum atomic E-state index is -0.425. The number of nitrogen functional groups attached to an aromatic ring is 1. The quantitative estimate of drug-likeness (QED) is 0.525. The van der Waals surface area contributed by atoms with Crippen molar-refractivity contribution in [3.63, 3.8) is 0 Å². The van der Waals surface area contributed by atoms with Crippen LogP contribution in [0.5, 0.6) is 5.75 Å². The van der Waals surface area contributed by atoms with Gasteiger partial charge in [0.25, 0.3) is 5.91 Å². The molecular weight excluding hydrogens is 408 g/mol. The summed E-state index contributed by atoms with van der Waals surface area (Å²) in [5.41, 5.74) is 14.9. The second-order valence-corrected chi connectivity index (χ2v) is 8.01. The number of pyridine rings is 1. The predicted octanol–water partition coefficient (Wildman–Crippen LogP) is 3.28. The summed E-state index contributed by atoms with van der Waals surface area (Å²) >= 11 is 0. The zero-order chi connectivity index (χ0) is 22.9. The average Bonchev–Trinajstić information content (AvgIpc) is 3.35. The van der Waals surface area contributed by atoms with E-state index in [2.05, 4.69) is 20.3 Å². The van der Waals surface area contributed by atoms with Gasteiger partial charge in [0.1, 0.15) is 23.4 Å². The number of allylic oxidation sites excluding steroid dienone is 1. The first-order valence-electron chi connectivity index (χ1n) is 9.99. The number of hydrogen-bond acceptors (Lipinski definition) is 8.